The maximum absolute atomic E-state index is 13.1. The fourth-order valence-corrected chi connectivity index (χ4v) is 5.41. The first-order valence-corrected chi connectivity index (χ1v) is 13.5. The molecule has 1 aliphatic heterocycles. The van der Waals surface area contributed by atoms with Crippen molar-refractivity contribution in [2.45, 2.75) is 18.9 Å². The third kappa shape index (κ3) is 4.85. The van der Waals surface area contributed by atoms with Gasteiger partial charge in [0.2, 0.25) is 0 Å². The fourth-order valence-electron chi connectivity index (χ4n) is 5.28. The number of aromatic nitrogens is 4. The lowest BCUT2D eigenvalue weighted by Crippen LogP contribution is -2.31. The van der Waals surface area contributed by atoms with Crippen LogP contribution in [-0.2, 0) is 0 Å². The van der Waals surface area contributed by atoms with Crippen molar-refractivity contribution in [1.29, 1.82) is 0 Å². The highest BCUT2D eigenvalue weighted by atomic mass is 35.5. The van der Waals surface area contributed by atoms with Crippen LogP contribution in [0.5, 0.6) is 0 Å². The number of anilines is 2. The van der Waals surface area contributed by atoms with Crippen molar-refractivity contribution >= 4 is 40.0 Å². The molecular weight excluding hydrogens is 526 g/mol. The number of fused-ring (bicyclic) bond motifs is 1. The smallest absolute Gasteiger partial charge is 0.267 e. The van der Waals surface area contributed by atoms with Crippen molar-refractivity contribution in [3.63, 3.8) is 0 Å². The van der Waals surface area contributed by atoms with Crippen molar-refractivity contribution in [2.75, 3.05) is 31.2 Å². The maximum atomic E-state index is 13.1. The van der Waals surface area contributed by atoms with Gasteiger partial charge in [0.15, 0.2) is 0 Å². The van der Waals surface area contributed by atoms with Crippen LogP contribution in [0.2, 0.25) is 5.02 Å². The predicted molar refractivity (Wildman–Crippen MR) is 158 cm³/mol. The molecule has 4 heterocycles. The Hall–Kier alpha value is -4.47. The summed E-state index contributed by atoms with van der Waals surface area (Å²) in [6, 6.07) is 17.8. The molecule has 202 valence electrons. The SMILES string of the molecule is CN1CCC(n2cc(-c3ccc(NC(=O)c4cccn(-c5ccc(Cl)cc5)c4=O)cc3)c3c(N)ncnc32)CC1. The fraction of sp³-hybridized carbons (Fsp3) is 0.200. The van der Waals surface area contributed by atoms with E-state index in [9.17, 15) is 9.59 Å². The van der Waals surface area contributed by atoms with E-state index >= 15 is 0 Å². The minimum atomic E-state index is -0.488. The first kappa shape index (κ1) is 25.8. The van der Waals surface area contributed by atoms with Crippen LogP contribution in [0.15, 0.2) is 84.2 Å². The summed E-state index contributed by atoms with van der Waals surface area (Å²) in [6.07, 6.45) is 7.31. The number of nitrogen functional groups attached to an aromatic ring is 1. The lowest BCUT2D eigenvalue weighted by atomic mass is 10.1. The number of halogens is 1. The molecule has 40 heavy (non-hydrogen) atoms. The van der Waals surface area contributed by atoms with Gasteiger partial charge in [-0.15, -0.1) is 0 Å². The summed E-state index contributed by atoms with van der Waals surface area (Å²) in [5.41, 5.74) is 9.84. The van der Waals surface area contributed by atoms with Crippen molar-refractivity contribution in [1.82, 2.24) is 24.0 Å². The Morgan fingerprint density at radius 3 is 2.48 bits per heavy atom. The van der Waals surface area contributed by atoms with Gasteiger partial charge in [-0.25, -0.2) is 9.97 Å². The minimum absolute atomic E-state index is 0.0349. The second-order valence-electron chi connectivity index (χ2n) is 10.0. The standard InChI is InChI=1S/C30H28ClN7O2/c1-36-15-12-23(13-16-36)38-17-25(26-27(32)33-18-34-28(26)38)19-4-8-21(9-5-19)35-29(39)24-3-2-14-37(30(24)40)22-10-6-20(31)7-11-22/h2-11,14,17-18,23H,12-13,15-16H2,1H3,(H,35,39)(H2,32,33,34). The quantitative estimate of drug-likeness (QED) is 0.317. The zero-order chi connectivity index (χ0) is 27.8. The highest BCUT2D eigenvalue weighted by molar-refractivity contribution is 6.30. The van der Waals surface area contributed by atoms with Gasteiger partial charge in [0, 0.05) is 40.4 Å². The summed E-state index contributed by atoms with van der Waals surface area (Å²) >= 11 is 5.97. The van der Waals surface area contributed by atoms with Crippen LogP contribution in [0, 0.1) is 0 Å². The Bertz CT molecular complexity index is 1750. The Balaban J connectivity index is 1.27. The second-order valence-corrected chi connectivity index (χ2v) is 10.5. The molecule has 0 atom stereocenters. The average molecular weight is 554 g/mol. The molecule has 6 rings (SSSR count). The minimum Gasteiger partial charge on any atom is -0.383 e. The summed E-state index contributed by atoms with van der Waals surface area (Å²) in [7, 11) is 2.14. The number of benzene rings is 2. The summed E-state index contributed by atoms with van der Waals surface area (Å²) in [4.78, 5) is 37.3. The number of hydrogen-bond donors (Lipinski definition) is 2. The van der Waals surface area contributed by atoms with E-state index in [1.807, 2.05) is 24.3 Å². The topological polar surface area (TPSA) is 111 Å². The number of nitrogens with two attached hydrogens (primary N) is 1. The second kappa shape index (κ2) is 10.6. The molecule has 5 aromatic rings. The van der Waals surface area contributed by atoms with E-state index in [-0.39, 0.29) is 5.56 Å². The van der Waals surface area contributed by atoms with Gasteiger partial charge < -0.3 is 20.5 Å². The largest absolute Gasteiger partial charge is 0.383 e. The molecule has 0 bridgehead atoms. The van der Waals surface area contributed by atoms with Crippen molar-refractivity contribution in [3.05, 3.63) is 100 Å². The molecule has 0 saturated carbocycles. The molecule has 0 unspecified atom stereocenters. The number of nitrogens with zero attached hydrogens (tertiary/aromatic N) is 5. The van der Waals surface area contributed by atoms with Gasteiger partial charge in [0.25, 0.3) is 11.5 Å². The molecule has 9 nitrogen and oxygen atoms in total. The Morgan fingerprint density at radius 1 is 1.02 bits per heavy atom. The first-order chi connectivity index (χ1) is 19.4. The van der Waals surface area contributed by atoms with E-state index in [0.717, 1.165) is 48.1 Å². The number of hydrogen-bond acceptors (Lipinski definition) is 6. The molecule has 1 amide bonds. The molecule has 0 radical (unpaired) electrons. The number of pyridine rings is 1. The van der Waals surface area contributed by atoms with Crippen LogP contribution in [0.3, 0.4) is 0 Å². The summed E-state index contributed by atoms with van der Waals surface area (Å²) in [6.45, 7) is 2.06. The molecule has 10 heteroatoms. The molecule has 1 fully saturated rings. The monoisotopic (exact) mass is 553 g/mol. The van der Waals surface area contributed by atoms with E-state index in [0.29, 0.717) is 28.3 Å². The third-order valence-electron chi connectivity index (χ3n) is 7.47. The Kier molecular flexibility index (Phi) is 6.83. The first-order valence-electron chi connectivity index (χ1n) is 13.1. The van der Waals surface area contributed by atoms with Gasteiger partial charge in [-0.2, -0.15) is 0 Å². The molecular formula is C30H28ClN7O2. The van der Waals surface area contributed by atoms with Gasteiger partial charge in [0.1, 0.15) is 23.4 Å². The maximum Gasteiger partial charge on any atom is 0.267 e. The van der Waals surface area contributed by atoms with Gasteiger partial charge in [-0.1, -0.05) is 23.7 Å². The number of amides is 1. The van der Waals surface area contributed by atoms with Crippen LogP contribution >= 0.6 is 11.6 Å². The molecule has 0 aliphatic carbocycles. The number of rotatable bonds is 5. The third-order valence-corrected chi connectivity index (χ3v) is 7.72. The van der Waals surface area contributed by atoms with Crippen molar-refractivity contribution in [3.8, 4) is 16.8 Å². The highest BCUT2D eigenvalue weighted by Crippen LogP contribution is 2.36. The Labute approximate surface area is 235 Å². The van der Waals surface area contributed by atoms with Gasteiger partial charge in [-0.05, 0) is 87.1 Å². The van der Waals surface area contributed by atoms with Crippen LogP contribution in [0.4, 0.5) is 11.5 Å². The normalized spacial score (nSPS) is 14.4. The Morgan fingerprint density at radius 2 is 1.75 bits per heavy atom. The van der Waals surface area contributed by atoms with E-state index in [1.165, 1.54) is 17.0 Å². The summed E-state index contributed by atoms with van der Waals surface area (Å²) in [5, 5.41) is 4.23. The summed E-state index contributed by atoms with van der Waals surface area (Å²) in [5.74, 6) is -0.0531. The highest BCUT2D eigenvalue weighted by Gasteiger charge is 2.23. The van der Waals surface area contributed by atoms with E-state index in [1.54, 1.807) is 36.5 Å². The molecule has 3 N–H and O–H groups in total. The van der Waals surface area contributed by atoms with Crippen LogP contribution in [0.25, 0.3) is 27.8 Å². The number of likely N-dealkylation sites (tertiary alicyclic amines) is 1. The molecule has 2 aromatic carbocycles. The predicted octanol–water partition coefficient (Wildman–Crippen LogP) is 5.00. The van der Waals surface area contributed by atoms with Crippen molar-refractivity contribution < 1.29 is 4.79 Å². The van der Waals surface area contributed by atoms with E-state index < -0.39 is 11.5 Å². The molecule has 1 aliphatic rings. The number of piperidine rings is 1. The number of carbonyl (C=O) groups excluding carboxylic acids is 1. The lowest BCUT2D eigenvalue weighted by molar-refractivity contribution is 0.102. The number of nitrogens with one attached hydrogen (secondary N) is 1. The van der Waals surface area contributed by atoms with Gasteiger partial charge in [-0.3, -0.25) is 14.2 Å². The van der Waals surface area contributed by atoms with Gasteiger partial charge >= 0.3 is 0 Å². The van der Waals surface area contributed by atoms with Crippen LogP contribution < -0.4 is 16.6 Å². The van der Waals surface area contributed by atoms with Crippen molar-refractivity contribution in [2.24, 2.45) is 0 Å². The summed E-state index contributed by atoms with van der Waals surface area (Å²) < 4.78 is 3.65. The zero-order valence-electron chi connectivity index (χ0n) is 21.9. The number of carbonyl (C=O) groups is 1. The van der Waals surface area contributed by atoms with E-state index in [2.05, 4.69) is 38.0 Å². The lowest BCUT2D eigenvalue weighted by Gasteiger charge is -2.30. The van der Waals surface area contributed by atoms with Gasteiger partial charge in [0.05, 0.1) is 5.39 Å². The molecule has 0 spiro atoms. The zero-order valence-corrected chi connectivity index (χ0v) is 22.7. The molecule has 1 saturated heterocycles. The van der Waals surface area contributed by atoms with E-state index in [4.69, 9.17) is 17.3 Å². The van der Waals surface area contributed by atoms with Crippen LogP contribution in [0.1, 0.15) is 29.2 Å². The van der Waals surface area contributed by atoms with Crippen LogP contribution in [-0.4, -0.2) is 50.0 Å². The average Bonchev–Trinajstić information content (AvgIpc) is 3.35. The molecule has 3 aromatic heterocycles.